The molecule has 0 aliphatic heterocycles. The minimum Gasteiger partial charge on any atom is -0.465 e. The van der Waals surface area contributed by atoms with Crippen molar-refractivity contribution in [3.63, 3.8) is 0 Å². The summed E-state index contributed by atoms with van der Waals surface area (Å²) in [6.07, 6.45) is 6.31. The van der Waals surface area contributed by atoms with Crippen LogP contribution in [0.1, 0.15) is 31.2 Å². The molecule has 1 aromatic rings. The van der Waals surface area contributed by atoms with Crippen LogP contribution in [0.3, 0.4) is 0 Å². The maximum absolute atomic E-state index is 10.6. The van der Waals surface area contributed by atoms with Crippen molar-refractivity contribution >= 4 is 23.7 Å². The third-order valence-electron chi connectivity index (χ3n) is 3.93. The molecule has 1 aliphatic carbocycles. The summed E-state index contributed by atoms with van der Waals surface area (Å²) in [4.78, 5) is 19.2. The summed E-state index contributed by atoms with van der Waals surface area (Å²) in [7, 11) is 0. The SMILES string of the molecule is CSc1ncc(CO)c(NC[C@H]2CC[C@H](NC(=O)O)CC2)n1. The predicted octanol–water partition coefficient (Wildman–Crippen LogP) is 1.93. The number of carbonyl (C=O) groups is 1. The molecule has 0 aromatic carbocycles. The number of aliphatic hydroxyl groups excluding tert-OH is 1. The third-order valence-corrected chi connectivity index (χ3v) is 4.49. The van der Waals surface area contributed by atoms with Crippen molar-refractivity contribution in [3.05, 3.63) is 11.8 Å². The molecule has 0 atom stereocenters. The molecular weight excluding hydrogens is 304 g/mol. The molecule has 22 heavy (non-hydrogen) atoms. The van der Waals surface area contributed by atoms with Gasteiger partial charge < -0.3 is 20.8 Å². The minimum absolute atomic E-state index is 0.0731. The summed E-state index contributed by atoms with van der Waals surface area (Å²) >= 11 is 1.46. The lowest BCUT2D eigenvalue weighted by Crippen LogP contribution is -2.37. The molecule has 1 saturated carbocycles. The zero-order chi connectivity index (χ0) is 15.9. The topological polar surface area (TPSA) is 107 Å². The molecule has 1 aromatic heterocycles. The molecule has 122 valence electrons. The Balaban J connectivity index is 1.85. The van der Waals surface area contributed by atoms with E-state index in [4.69, 9.17) is 5.11 Å². The Labute approximate surface area is 133 Å². The lowest BCUT2D eigenvalue weighted by Gasteiger charge is -2.28. The number of amides is 1. The lowest BCUT2D eigenvalue weighted by atomic mass is 9.86. The number of nitrogens with one attached hydrogen (secondary N) is 2. The van der Waals surface area contributed by atoms with E-state index in [1.807, 2.05) is 6.26 Å². The summed E-state index contributed by atoms with van der Waals surface area (Å²) in [6.45, 7) is 0.684. The van der Waals surface area contributed by atoms with E-state index in [-0.39, 0.29) is 12.6 Å². The van der Waals surface area contributed by atoms with Gasteiger partial charge in [0.25, 0.3) is 0 Å². The smallest absolute Gasteiger partial charge is 0.404 e. The van der Waals surface area contributed by atoms with Gasteiger partial charge in [-0.1, -0.05) is 11.8 Å². The van der Waals surface area contributed by atoms with Crippen LogP contribution in [-0.4, -0.2) is 45.1 Å². The Kier molecular flexibility index (Phi) is 6.26. The standard InChI is InChI=1S/C14H22N4O3S/c1-22-13-16-7-10(8-19)12(18-13)15-6-9-2-4-11(5-3-9)17-14(20)21/h7,9,11,17,19H,2-6,8H2,1H3,(H,20,21)(H,15,16,18)/t9-,11-. The number of anilines is 1. The lowest BCUT2D eigenvalue weighted by molar-refractivity contribution is 0.183. The molecule has 0 bridgehead atoms. The van der Waals surface area contributed by atoms with Crippen LogP contribution in [0.2, 0.25) is 0 Å². The summed E-state index contributed by atoms with van der Waals surface area (Å²) in [5.74, 6) is 1.18. The molecule has 0 radical (unpaired) electrons. The molecule has 4 N–H and O–H groups in total. The Morgan fingerprint density at radius 1 is 1.41 bits per heavy atom. The highest BCUT2D eigenvalue weighted by molar-refractivity contribution is 7.98. The molecule has 7 nitrogen and oxygen atoms in total. The number of aliphatic hydroxyl groups is 1. The molecule has 1 heterocycles. The maximum Gasteiger partial charge on any atom is 0.404 e. The Morgan fingerprint density at radius 2 is 2.14 bits per heavy atom. The predicted molar refractivity (Wildman–Crippen MR) is 85.1 cm³/mol. The second kappa shape index (κ2) is 8.19. The second-order valence-electron chi connectivity index (χ2n) is 5.44. The van der Waals surface area contributed by atoms with Gasteiger partial charge in [0, 0.05) is 24.3 Å². The number of thioether (sulfide) groups is 1. The number of hydrogen-bond acceptors (Lipinski definition) is 6. The van der Waals surface area contributed by atoms with Crippen molar-refractivity contribution in [3.8, 4) is 0 Å². The van der Waals surface area contributed by atoms with E-state index in [0.29, 0.717) is 22.5 Å². The van der Waals surface area contributed by atoms with Crippen molar-refractivity contribution < 1.29 is 15.0 Å². The van der Waals surface area contributed by atoms with Gasteiger partial charge in [-0.25, -0.2) is 14.8 Å². The number of aromatic nitrogens is 2. The molecular formula is C14H22N4O3S. The van der Waals surface area contributed by atoms with Gasteiger partial charge in [-0.05, 0) is 37.9 Å². The number of hydrogen-bond donors (Lipinski definition) is 4. The van der Waals surface area contributed by atoms with Crippen LogP contribution in [0.25, 0.3) is 0 Å². The largest absolute Gasteiger partial charge is 0.465 e. The third kappa shape index (κ3) is 4.74. The van der Waals surface area contributed by atoms with Crippen molar-refractivity contribution in [2.45, 2.75) is 43.5 Å². The first-order valence-corrected chi connectivity index (χ1v) is 8.59. The van der Waals surface area contributed by atoms with E-state index < -0.39 is 6.09 Å². The normalized spacial score (nSPS) is 21.4. The second-order valence-corrected chi connectivity index (χ2v) is 6.21. The molecule has 1 fully saturated rings. The molecule has 1 aliphatic rings. The van der Waals surface area contributed by atoms with Crippen LogP contribution in [0.5, 0.6) is 0 Å². The fourth-order valence-electron chi connectivity index (χ4n) is 2.68. The van der Waals surface area contributed by atoms with Crippen molar-refractivity contribution in [1.82, 2.24) is 15.3 Å². The van der Waals surface area contributed by atoms with Crippen LogP contribution < -0.4 is 10.6 Å². The van der Waals surface area contributed by atoms with Gasteiger partial charge in [-0.3, -0.25) is 0 Å². The van der Waals surface area contributed by atoms with Gasteiger partial charge in [0.15, 0.2) is 5.16 Å². The highest BCUT2D eigenvalue weighted by atomic mass is 32.2. The van der Waals surface area contributed by atoms with Gasteiger partial charge in [0.05, 0.1) is 6.61 Å². The zero-order valence-corrected chi connectivity index (χ0v) is 13.4. The van der Waals surface area contributed by atoms with Crippen molar-refractivity contribution in [1.29, 1.82) is 0 Å². The monoisotopic (exact) mass is 326 g/mol. The van der Waals surface area contributed by atoms with E-state index >= 15 is 0 Å². The van der Waals surface area contributed by atoms with Crippen LogP contribution in [0, 0.1) is 5.92 Å². The van der Waals surface area contributed by atoms with Crippen LogP contribution >= 0.6 is 11.8 Å². The number of nitrogens with zero attached hydrogens (tertiary/aromatic N) is 2. The van der Waals surface area contributed by atoms with Crippen LogP contribution in [0.4, 0.5) is 10.6 Å². The summed E-state index contributed by atoms with van der Waals surface area (Å²) in [6, 6.07) is 0.0731. The molecule has 0 unspecified atom stereocenters. The first-order valence-electron chi connectivity index (χ1n) is 7.36. The van der Waals surface area contributed by atoms with Crippen LogP contribution in [-0.2, 0) is 6.61 Å². The van der Waals surface area contributed by atoms with Crippen molar-refractivity contribution in [2.75, 3.05) is 18.1 Å². The fourth-order valence-corrected chi connectivity index (χ4v) is 3.02. The van der Waals surface area contributed by atoms with E-state index in [2.05, 4.69) is 20.6 Å². The van der Waals surface area contributed by atoms with Crippen LogP contribution in [0.15, 0.2) is 11.4 Å². The molecule has 2 rings (SSSR count). The van der Waals surface area contributed by atoms with Gasteiger partial charge in [-0.15, -0.1) is 0 Å². The minimum atomic E-state index is -0.945. The highest BCUT2D eigenvalue weighted by Gasteiger charge is 2.22. The fraction of sp³-hybridized carbons (Fsp3) is 0.643. The average molecular weight is 326 g/mol. The van der Waals surface area contributed by atoms with Gasteiger partial charge >= 0.3 is 6.09 Å². The number of carboxylic acid groups (broad SMARTS) is 1. The first-order chi connectivity index (χ1) is 10.6. The van der Waals surface area contributed by atoms with Gasteiger partial charge in [0.2, 0.25) is 0 Å². The summed E-state index contributed by atoms with van der Waals surface area (Å²) in [5, 5.41) is 24.6. The molecule has 8 heteroatoms. The van der Waals surface area contributed by atoms with Gasteiger partial charge in [-0.2, -0.15) is 0 Å². The van der Waals surface area contributed by atoms with E-state index in [1.165, 1.54) is 11.8 Å². The van der Waals surface area contributed by atoms with E-state index in [1.54, 1.807) is 6.20 Å². The average Bonchev–Trinajstić information content (AvgIpc) is 2.53. The molecule has 1 amide bonds. The van der Waals surface area contributed by atoms with Gasteiger partial charge in [0.1, 0.15) is 5.82 Å². The molecule has 0 spiro atoms. The Bertz CT molecular complexity index is 507. The number of rotatable bonds is 6. The Hall–Kier alpha value is -1.54. The Morgan fingerprint density at radius 3 is 2.73 bits per heavy atom. The quantitative estimate of drug-likeness (QED) is 0.467. The molecule has 0 saturated heterocycles. The first kappa shape index (κ1) is 16.8. The van der Waals surface area contributed by atoms with Crippen molar-refractivity contribution in [2.24, 2.45) is 5.92 Å². The zero-order valence-electron chi connectivity index (χ0n) is 12.6. The maximum atomic E-state index is 10.6. The summed E-state index contributed by atoms with van der Waals surface area (Å²) < 4.78 is 0. The highest BCUT2D eigenvalue weighted by Crippen LogP contribution is 2.25. The van der Waals surface area contributed by atoms with E-state index in [9.17, 15) is 9.90 Å². The summed E-state index contributed by atoms with van der Waals surface area (Å²) in [5.41, 5.74) is 0.694. The van der Waals surface area contributed by atoms with E-state index in [0.717, 1.165) is 32.2 Å².